The van der Waals surface area contributed by atoms with Gasteiger partial charge in [-0.15, -0.1) is 4.36 Å². The number of hydrogen-bond donors (Lipinski definition) is 1. The van der Waals surface area contributed by atoms with Crippen LogP contribution in [0.2, 0.25) is 0 Å². The monoisotopic (exact) mass is 448 g/mol. The Morgan fingerprint density at radius 2 is 1.83 bits per heavy atom. The van der Waals surface area contributed by atoms with E-state index >= 15 is 0 Å². The number of carbonyl (C=O) groups is 1. The molecule has 1 aromatic rings. The van der Waals surface area contributed by atoms with Crippen molar-refractivity contribution in [2.45, 2.75) is 29.8 Å². The van der Waals surface area contributed by atoms with Crippen LogP contribution in [0, 0.1) is 24.2 Å². The predicted octanol–water partition coefficient (Wildman–Crippen LogP) is 4.46. The van der Waals surface area contributed by atoms with Crippen LogP contribution in [0.5, 0.6) is 0 Å². The summed E-state index contributed by atoms with van der Waals surface area (Å²) in [7, 11) is -2.06. The number of nitrogens with one attached hydrogen (secondary N) is 1. The largest absolute Gasteiger partial charge is 0.399 e. The number of urea groups is 1. The normalized spacial score (nSPS) is 19.1. The smallest absolute Gasteiger partial charge is 0.312 e. The first-order valence-electron chi connectivity index (χ1n) is 7.66. The second-order valence-electron chi connectivity index (χ2n) is 6.11. The number of aryl methyl sites for hydroxylation is 1. The Balaban J connectivity index is 2.33. The molecule has 5 nitrogen and oxygen atoms in total. The van der Waals surface area contributed by atoms with E-state index in [4.69, 9.17) is 5.26 Å². The van der Waals surface area contributed by atoms with Crippen LogP contribution in [0.1, 0.15) is 5.56 Å². The van der Waals surface area contributed by atoms with Gasteiger partial charge in [0, 0.05) is 4.90 Å². The van der Waals surface area contributed by atoms with Crippen LogP contribution in [0.25, 0.3) is 0 Å². The van der Waals surface area contributed by atoms with E-state index in [1.54, 1.807) is 5.32 Å². The Labute approximate surface area is 161 Å². The molecule has 2 amide bonds. The molecule has 1 unspecified atom stereocenters. The summed E-state index contributed by atoms with van der Waals surface area (Å²) in [5.41, 5.74) is -0.728. The molecule has 1 saturated heterocycles. The van der Waals surface area contributed by atoms with Crippen molar-refractivity contribution in [1.82, 2.24) is 4.90 Å². The Hall–Kier alpha value is -2.43. The minimum absolute atomic E-state index is 0.00804. The fraction of sp³-hybridized carbons (Fsp3) is 0.467. The maximum atomic E-state index is 14.1. The topological polar surface area (TPSA) is 68.5 Å². The highest BCUT2D eigenvalue weighted by atomic mass is 32.2. The molecular weight excluding hydrogens is 436 g/mol. The van der Waals surface area contributed by atoms with Crippen LogP contribution in [-0.2, 0) is 10.7 Å². The lowest BCUT2D eigenvalue weighted by atomic mass is 10.2. The van der Waals surface area contributed by atoms with E-state index in [0.717, 1.165) is 12.1 Å². The molecule has 1 heterocycles. The minimum Gasteiger partial charge on any atom is -0.312 e. The third kappa shape index (κ3) is 5.14. The summed E-state index contributed by atoms with van der Waals surface area (Å²) in [6, 6.07) is 0.0370. The molecule has 1 aliphatic rings. The van der Waals surface area contributed by atoms with Gasteiger partial charge in [0.1, 0.15) is 11.6 Å². The van der Waals surface area contributed by atoms with Gasteiger partial charge in [0.2, 0.25) is 6.19 Å². The van der Waals surface area contributed by atoms with Crippen molar-refractivity contribution in [2.75, 3.05) is 24.2 Å². The Kier molecular flexibility index (Phi) is 6.12. The Morgan fingerprint density at radius 1 is 1.28 bits per heavy atom. The van der Waals surface area contributed by atoms with Gasteiger partial charge in [-0.1, -0.05) is 0 Å². The van der Waals surface area contributed by atoms with E-state index in [1.807, 2.05) is 0 Å². The first-order chi connectivity index (χ1) is 13.2. The number of carbonyl (C=O) groups excluding carboxylic acids is 1. The quantitative estimate of drug-likeness (QED) is 0.548. The van der Waals surface area contributed by atoms with Crippen molar-refractivity contribution in [3.8, 4) is 6.19 Å². The second kappa shape index (κ2) is 7.77. The second-order valence-corrected chi connectivity index (χ2v) is 7.75. The van der Waals surface area contributed by atoms with Crippen molar-refractivity contribution < 1.29 is 39.9 Å². The summed E-state index contributed by atoms with van der Waals surface area (Å²) < 4.78 is 108. The van der Waals surface area contributed by atoms with Crippen molar-refractivity contribution in [3.63, 3.8) is 0 Å². The van der Waals surface area contributed by atoms with Crippen molar-refractivity contribution >= 4 is 22.4 Å². The van der Waals surface area contributed by atoms with E-state index < -0.39 is 65.1 Å². The third-order valence-corrected chi connectivity index (χ3v) is 5.66. The highest BCUT2D eigenvalue weighted by molar-refractivity contribution is 7.87. The average Bonchev–Trinajstić information content (AvgIpc) is 2.76. The summed E-state index contributed by atoms with van der Waals surface area (Å²) in [6.45, 7) is -1.99. The zero-order valence-corrected chi connectivity index (χ0v) is 15.3. The molecule has 0 aliphatic carbocycles. The van der Waals surface area contributed by atoms with Gasteiger partial charge in [0.25, 0.3) is 0 Å². The summed E-state index contributed by atoms with van der Waals surface area (Å²) in [6.07, 6.45) is -3.47. The molecule has 29 heavy (non-hydrogen) atoms. The molecule has 1 atom stereocenters. The number of hydrogen-bond acceptors (Lipinski definition) is 3. The van der Waals surface area contributed by atoms with Crippen LogP contribution < -0.4 is 5.32 Å². The van der Waals surface area contributed by atoms with Gasteiger partial charge < -0.3 is 10.2 Å². The van der Waals surface area contributed by atoms with Crippen LogP contribution in [0.3, 0.4) is 0 Å². The molecular formula is C15H12F8N4OS. The highest BCUT2D eigenvalue weighted by Gasteiger charge is 2.64. The first-order valence-corrected chi connectivity index (χ1v) is 9.01. The Morgan fingerprint density at radius 3 is 2.31 bits per heavy atom. The van der Waals surface area contributed by atoms with Crippen molar-refractivity contribution in [2.24, 2.45) is 4.36 Å². The zero-order chi connectivity index (χ0) is 22.2. The molecule has 1 N–H and O–H groups in total. The zero-order valence-electron chi connectivity index (χ0n) is 14.5. The molecule has 0 aromatic heterocycles. The maximum absolute atomic E-state index is 14.1. The number of alkyl halides is 7. The number of amides is 2. The maximum Gasteiger partial charge on any atom is 0.399 e. The molecule has 1 aromatic carbocycles. The molecule has 14 heteroatoms. The van der Waals surface area contributed by atoms with E-state index in [2.05, 4.69) is 4.36 Å². The molecule has 0 spiro atoms. The molecule has 0 bridgehead atoms. The van der Waals surface area contributed by atoms with Crippen LogP contribution >= 0.6 is 0 Å². The van der Waals surface area contributed by atoms with Gasteiger partial charge in [0.05, 0.1) is 18.8 Å². The molecule has 0 radical (unpaired) electrons. The number of nitriles is 1. The number of likely N-dealkylation sites (tertiary alicyclic amines) is 1. The van der Waals surface area contributed by atoms with Gasteiger partial charge in [0.15, 0.2) is 0 Å². The third-order valence-electron chi connectivity index (χ3n) is 3.81. The lowest BCUT2D eigenvalue weighted by Crippen LogP contribution is -2.38. The standard InChI is InChI=1S/C15H12F8N4OS/c1-8-2-9(16)10(3-11(8)29(25-7-24)6-15(21,22)23)26-12(28)27-4-13(17,18)14(19,20)5-27/h2-3H,4-6H2,1H3,(H,26,28). The lowest BCUT2D eigenvalue weighted by Gasteiger charge is -2.18. The van der Waals surface area contributed by atoms with Gasteiger partial charge in [-0.25, -0.2) is 9.18 Å². The first kappa shape index (κ1) is 22.9. The highest BCUT2D eigenvalue weighted by Crippen LogP contribution is 2.41. The molecule has 160 valence electrons. The van der Waals surface area contributed by atoms with E-state index in [1.165, 1.54) is 13.1 Å². The van der Waals surface area contributed by atoms with Gasteiger partial charge >= 0.3 is 24.1 Å². The van der Waals surface area contributed by atoms with Gasteiger partial charge in [-0.3, -0.25) is 0 Å². The fourth-order valence-corrected chi connectivity index (χ4v) is 3.88. The molecule has 1 aliphatic heterocycles. The summed E-state index contributed by atoms with van der Waals surface area (Å²) in [5.74, 6) is -11.6. The van der Waals surface area contributed by atoms with E-state index in [-0.39, 0.29) is 15.4 Å². The molecule has 1 fully saturated rings. The van der Waals surface area contributed by atoms with Crippen LogP contribution in [0.15, 0.2) is 21.4 Å². The number of rotatable bonds is 3. The molecule has 0 saturated carbocycles. The lowest BCUT2D eigenvalue weighted by molar-refractivity contribution is -0.172. The average molecular weight is 448 g/mol. The van der Waals surface area contributed by atoms with Crippen LogP contribution in [0.4, 0.5) is 45.6 Å². The summed E-state index contributed by atoms with van der Waals surface area (Å²) in [4.78, 5) is 11.8. The van der Waals surface area contributed by atoms with E-state index in [9.17, 15) is 39.9 Å². The van der Waals surface area contributed by atoms with Crippen LogP contribution in [-0.4, -0.2) is 47.8 Å². The summed E-state index contributed by atoms with van der Waals surface area (Å²) >= 11 is 0. The van der Waals surface area contributed by atoms with Gasteiger partial charge in [-0.05, 0) is 35.3 Å². The van der Waals surface area contributed by atoms with Crippen molar-refractivity contribution in [1.29, 1.82) is 5.26 Å². The minimum atomic E-state index is -4.71. The SMILES string of the molecule is Cc1cc(F)c(NC(=O)N2CC(F)(F)C(F)(F)C2)cc1S(CC(F)(F)F)=NC#N. The van der Waals surface area contributed by atoms with E-state index in [0.29, 0.717) is 0 Å². The number of anilines is 1. The Bertz CT molecular complexity index is 878. The summed E-state index contributed by atoms with van der Waals surface area (Å²) in [5, 5.41) is 10.4. The number of benzene rings is 1. The molecule has 2 rings (SSSR count). The van der Waals surface area contributed by atoms with Gasteiger partial charge in [-0.2, -0.15) is 36.0 Å². The fourth-order valence-electron chi connectivity index (χ4n) is 2.47. The van der Waals surface area contributed by atoms with Crippen molar-refractivity contribution in [3.05, 3.63) is 23.5 Å². The number of halogens is 8. The number of nitrogens with zero attached hydrogens (tertiary/aromatic N) is 3. The predicted molar refractivity (Wildman–Crippen MR) is 86.2 cm³/mol.